The topological polar surface area (TPSA) is 79.5 Å². The van der Waals surface area contributed by atoms with Crippen LogP contribution in [0.2, 0.25) is 0 Å². The molecule has 2 N–H and O–H groups in total. The fraction of sp³-hybridized carbons (Fsp3) is 0.400. The van der Waals surface area contributed by atoms with Crippen LogP contribution >= 0.6 is 27.7 Å². The molecule has 1 amide bonds. The zero-order valence-corrected chi connectivity index (χ0v) is 11.5. The summed E-state index contributed by atoms with van der Waals surface area (Å²) in [5.74, 6) is -0.812. The van der Waals surface area contributed by atoms with Crippen LogP contribution in [0.1, 0.15) is 17.0 Å². The van der Waals surface area contributed by atoms with Crippen molar-refractivity contribution < 1.29 is 19.1 Å². The van der Waals surface area contributed by atoms with Crippen LogP contribution in [0.25, 0.3) is 0 Å². The van der Waals surface area contributed by atoms with E-state index in [0.717, 1.165) is 0 Å². The SMILES string of the molecule is CSCC[C@@H](NC(=O)c1ccc(Br)o1)C(=O)O. The summed E-state index contributed by atoms with van der Waals surface area (Å²) in [6.45, 7) is 0. The molecule has 0 aliphatic carbocycles. The number of aliphatic carboxylic acids is 1. The van der Waals surface area contributed by atoms with Crippen LogP contribution in [0.5, 0.6) is 0 Å². The van der Waals surface area contributed by atoms with E-state index >= 15 is 0 Å². The lowest BCUT2D eigenvalue weighted by Crippen LogP contribution is -2.41. The summed E-state index contributed by atoms with van der Waals surface area (Å²) < 4.78 is 5.47. The van der Waals surface area contributed by atoms with Gasteiger partial charge in [0.1, 0.15) is 6.04 Å². The predicted molar refractivity (Wildman–Crippen MR) is 68.3 cm³/mol. The highest BCUT2D eigenvalue weighted by Crippen LogP contribution is 2.14. The van der Waals surface area contributed by atoms with Gasteiger partial charge in [-0.3, -0.25) is 4.79 Å². The van der Waals surface area contributed by atoms with Crippen molar-refractivity contribution >= 4 is 39.6 Å². The van der Waals surface area contributed by atoms with Crippen molar-refractivity contribution in [3.05, 3.63) is 22.6 Å². The summed E-state index contributed by atoms with van der Waals surface area (Å²) >= 11 is 4.60. The predicted octanol–water partition coefficient (Wildman–Crippen LogP) is 1.98. The number of hydrogen-bond donors (Lipinski definition) is 2. The number of hydrogen-bond acceptors (Lipinski definition) is 4. The number of amides is 1. The molecule has 1 heterocycles. The maximum atomic E-state index is 11.6. The van der Waals surface area contributed by atoms with Crippen molar-refractivity contribution in [1.82, 2.24) is 5.32 Å². The van der Waals surface area contributed by atoms with Crippen molar-refractivity contribution in [3.8, 4) is 0 Å². The van der Waals surface area contributed by atoms with E-state index in [9.17, 15) is 9.59 Å². The van der Waals surface area contributed by atoms with Crippen molar-refractivity contribution in [2.75, 3.05) is 12.0 Å². The lowest BCUT2D eigenvalue weighted by atomic mass is 10.2. The summed E-state index contributed by atoms with van der Waals surface area (Å²) in [4.78, 5) is 22.6. The zero-order chi connectivity index (χ0) is 12.8. The van der Waals surface area contributed by atoms with E-state index in [1.807, 2.05) is 6.26 Å². The summed E-state index contributed by atoms with van der Waals surface area (Å²) in [6, 6.07) is 2.17. The third-order valence-electron chi connectivity index (χ3n) is 2.01. The molecule has 0 saturated heterocycles. The number of carbonyl (C=O) groups is 2. The zero-order valence-electron chi connectivity index (χ0n) is 9.10. The number of furan rings is 1. The first kappa shape index (κ1) is 14.1. The summed E-state index contributed by atoms with van der Waals surface area (Å²) in [7, 11) is 0. The van der Waals surface area contributed by atoms with Crippen molar-refractivity contribution in [2.24, 2.45) is 0 Å². The van der Waals surface area contributed by atoms with Crippen LogP contribution in [0.15, 0.2) is 21.2 Å². The largest absolute Gasteiger partial charge is 0.480 e. The Morgan fingerprint density at radius 2 is 2.29 bits per heavy atom. The molecular weight excluding hydrogens is 310 g/mol. The van der Waals surface area contributed by atoms with E-state index in [2.05, 4.69) is 21.2 Å². The lowest BCUT2D eigenvalue weighted by molar-refractivity contribution is -0.139. The molecule has 1 aromatic rings. The van der Waals surface area contributed by atoms with Crippen molar-refractivity contribution in [2.45, 2.75) is 12.5 Å². The van der Waals surface area contributed by atoms with E-state index in [0.29, 0.717) is 16.8 Å². The highest BCUT2D eigenvalue weighted by molar-refractivity contribution is 9.10. The first-order valence-corrected chi connectivity index (χ1v) is 7.01. The minimum absolute atomic E-state index is 0.0901. The molecule has 94 valence electrons. The van der Waals surface area contributed by atoms with E-state index in [4.69, 9.17) is 9.52 Å². The third kappa shape index (κ3) is 4.43. The number of carboxylic acid groups (broad SMARTS) is 1. The van der Waals surface area contributed by atoms with Gasteiger partial charge < -0.3 is 14.8 Å². The standard InChI is InChI=1S/C10H12BrNO4S/c1-17-5-4-6(10(14)15)12-9(13)7-2-3-8(11)16-7/h2-3,6H,4-5H2,1H3,(H,12,13)(H,14,15)/t6-/m1/s1. The molecule has 17 heavy (non-hydrogen) atoms. The first-order valence-electron chi connectivity index (χ1n) is 4.82. The van der Waals surface area contributed by atoms with Crippen LogP contribution in [-0.2, 0) is 4.79 Å². The average molecular weight is 322 g/mol. The van der Waals surface area contributed by atoms with Gasteiger partial charge in [0.15, 0.2) is 10.4 Å². The van der Waals surface area contributed by atoms with Gasteiger partial charge in [-0.1, -0.05) is 0 Å². The minimum Gasteiger partial charge on any atom is -0.480 e. The van der Waals surface area contributed by atoms with Crippen molar-refractivity contribution in [1.29, 1.82) is 0 Å². The third-order valence-corrected chi connectivity index (χ3v) is 3.08. The fourth-order valence-corrected chi connectivity index (χ4v) is 1.94. The molecule has 1 rings (SSSR count). The molecule has 0 saturated carbocycles. The smallest absolute Gasteiger partial charge is 0.326 e. The number of halogens is 1. The Labute approximate surface area is 111 Å². The van der Waals surface area contributed by atoms with Gasteiger partial charge >= 0.3 is 5.97 Å². The molecule has 5 nitrogen and oxygen atoms in total. The van der Waals surface area contributed by atoms with Gasteiger partial charge in [-0.05, 0) is 46.5 Å². The normalized spacial score (nSPS) is 12.1. The van der Waals surface area contributed by atoms with Gasteiger partial charge in [-0.25, -0.2) is 4.79 Å². The lowest BCUT2D eigenvalue weighted by Gasteiger charge is -2.12. The Morgan fingerprint density at radius 1 is 1.59 bits per heavy atom. The van der Waals surface area contributed by atoms with Gasteiger partial charge in [-0.15, -0.1) is 0 Å². The van der Waals surface area contributed by atoms with Gasteiger partial charge in [0.05, 0.1) is 0 Å². The quantitative estimate of drug-likeness (QED) is 0.837. The summed E-state index contributed by atoms with van der Waals surface area (Å²) in [6.07, 6.45) is 2.26. The van der Waals surface area contributed by atoms with Gasteiger partial charge in [0.2, 0.25) is 0 Å². The Bertz CT molecular complexity index is 407. The minimum atomic E-state index is -1.04. The number of carbonyl (C=O) groups excluding carboxylic acids is 1. The van der Waals surface area contributed by atoms with E-state index in [1.165, 1.54) is 17.8 Å². The molecule has 0 fully saturated rings. The van der Waals surface area contributed by atoms with E-state index in [1.54, 1.807) is 6.07 Å². The molecule has 0 aromatic carbocycles. The number of carboxylic acids is 1. The molecular formula is C10H12BrNO4S. The second-order valence-electron chi connectivity index (χ2n) is 3.25. The number of thioether (sulfide) groups is 1. The second-order valence-corrected chi connectivity index (χ2v) is 5.02. The maximum absolute atomic E-state index is 11.6. The molecule has 0 radical (unpaired) electrons. The Kier molecular flexibility index (Phi) is 5.57. The monoisotopic (exact) mass is 321 g/mol. The van der Waals surface area contributed by atoms with Crippen LogP contribution in [0, 0.1) is 0 Å². The molecule has 0 aliphatic heterocycles. The molecule has 0 unspecified atom stereocenters. The van der Waals surface area contributed by atoms with Crippen LogP contribution in [0.3, 0.4) is 0 Å². The first-order chi connectivity index (χ1) is 8.04. The van der Waals surface area contributed by atoms with Gasteiger partial charge in [0.25, 0.3) is 5.91 Å². The Balaban J connectivity index is 2.60. The number of rotatable bonds is 6. The Hall–Kier alpha value is -0.950. The van der Waals surface area contributed by atoms with Crippen LogP contribution < -0.4 is 5.32 Å². The molecule has 1 atom stereocenters. The fourth-order valence-electron chi connectivity index (χ4n) is 1.16. The van der Waals surface area contributed by atoms with E-state index < -0.39 is 17.9 Å². The molecule has 0 bridgehead atoms. The summed E-state index contributed by atoms with van der Waals surface area (Å²) in [5.41, 5.74) is 0. The number of nitrogens with one attached hydrogen (secondary N) is 1. The highest BCUT2D eigenvalue weighted by Gasteiger charge is 2.21. The maximum Gasteiger partial charge on any atom is 0.326 e. The van der Waals surface area contributed by atoms with E-state index in [-0.39, 0.29) is 5.76 Å². The summed E-state index contributed by atoms with van der Waals surface area (Å²) in [5, 5.41) is 11.4. The van der Waals surface area contributed by atoms with Crippen LogP contribution in [0.4, 0.5) is 0 Å². The average Bonchev–Trinajstić information content (AvgIpc) is 2.70. The van der Waals surface area contributed by atoms with Gasteiger partial charge in [-0.2, -0.15) is 11.8 Å². The second kappa shape index (κ2) is 6.70. The molecule has 1 aromatic heterocycles. The van der Waals surface area contributed by atoms with Crippen molar-refractivity contribution in [3.63, 3.8) is 0 Å². The van der Waals surface area contributed by atoms with Crippen LogP contribution in [-0.4, -0.2) is 35.0 Å². The molecule has 7 heteroatoms. The Morgan fingerprint density at radius 3 is 2.76 bits per heavy atom. The highest BCUT2D eigenvalue weighted by atomic mass is 79.9. The molecule has 0 aliphatic rings. The molecule has 0 spiro atoms. The van der Waals surface area contributed by atoms with Gasteiger partial charge in [0, 0.05) is 0 Å².